The Morgan fingerprint density at radius 2 is 1.28 bits per heavy atom. The lowest BCUT2D eigenvalue weighted by Crippen LogP contribution is -2.34. The van der Waals surface area contributed by atoms with E-state index in [0.29, 0.717) is 0 Å². The molecule has 4 heteroatoms. The number of aromatic nitrogens is 4. The minimum atomic E-state index is 0.896. The molecule has 5 rings (SSSR count). The Labute approximate surface area is 144 Å². The highest BCUT2D eigenvalue weighted by molar-refractivity contribution is 5.72. The molecule has 0 N–H and O–H groups in total. The van der Waals surface area contributed by atoms with Crippen LogP contribution in [0.25, 0.3) is 33.5 Å². The Balaban J connectivity index is 1.90. The zero-order valence-electron chi connectivity index (χ0n) is 13.4. The van der Waals surface area contributed by atoms with Crippen molar-refractivity contribution in [2.24, 2.45) is 0 Å². The molecule has 0 aliphatic heterocycles. The average molecular weight is 323 g/mol. The molecular formula is C21H15N4+. The number of nitrogens with zero attached hydrogens (tertiary/aromatic N) is 4. The summed E-state index contributed by atoms with van der Waals surface area (Å²) in [4.78, 5) is 0. The third-order valence-corrected chi connectivity index (χ3v) is 4.32. The molecule has 5 aromatic rings. The summed E-state index contributed by atoms with van der Waals surface area (Å²) >= 11 is 0. The number of fused-ring (bicyclic) bond motifs is 3. The Morgan fingerprint density at radius 1 is 0.640 bits per heavy atom. The summed E-state index contributed by atoms with van der Waals surface area (Å²) in [6.07, 6.45) is 0. The van der Waals surface area contributed by atoms with E-state index in [4.69, 9.17) is 5.10 Å². The van der Waals surface area contributed by atoms with Gasteiger partial charge in [-0.05, 0) is 12.1 Å². The van der Waals surface area contributed by atoms with Crippen LogP contribution in [-0.2, 0) is 0 Å². The van der Waals surface area contributed by atoms with Gasteiger partial charge in [-0.3, -0.25) is 0 Å². The van der Waals surface area contributed by atoms with Gasteiger partial charge in [0.2, 0.25) is 5.52 Å². The summed E-state index contributed by atoms with van der Waals surface area (Å²) in [7, 11) is 0. The number of benzene rings is 3. The molecule has 0 saturated carbocycles. The molecule has 2 aromatic heterocycles. The summed E-state index contributed by atoms with van der Waals surface area (Å²) in [5.74, 6) is 0. The SMILES string of the molecule is c1ccc(-c2cc(-c3ccccc3)[n+]3c4ccccc4nn3n2)cc1. The minimum absolute atomic E-state index is 0.896. The van der Waals surface area contributed by atoms with E-state index in [0.717, 1.165) is 33.5 Å². The lowest BCUT2D eigenvalue weighted by Gasteiger charge is -2.03. The van der Waals surface area contributed by atoms with Crippen LogP contribution in [0, 0.1) is 0 Å². The standard InChI is InChI=1S/C21H15N4/c1-3-9-16(10-4-1)19-15-21(17-11-5-2-6-12-17)24-20-14-8-7-13-18(20)22-25(24)23-19/h1-15H/q+1. The van der Waals surface area contributed by atoms with E-state index in [-0.39, 0.29) is 0 Å². The van der Waals surface area contributed by atoms with Crippen LogP contribution in [-0.4, -0.2) is 14.9 Å². The van der Waals surface area contributed by atoms with Gasteiger partial charge in [0.25, 0.3) is 0 Å². The quantitative estimate of drug-likeness (QED) is 0.463. The molecule has 0 aliphatic rings. The highest BCUT2D eigenvalue weighted by atomic mass is 15.6. The first-order valence-corrected chi connectivity index (χ1v) is 8.22. The van der Waals surface area contributed by atoms with Gasteiger partial charge in [-0.15, -0.1) is 4.52 Å². The van der Waals surface area contributed by atoms with E-state index in [9.17, 15) is 0 Å². The maximum Gasteiger partial charge on any atom is 0.207 e. The van der Waals surface area contributed by atoms with E-state index in [1.165, 1.54) is 0 Å². The first-order valence-electron chi connectivity index (χ1n) is 8.22. The summed E-state index contributed by atoms with van der Waals surface area (Å²) in [6, 6.07) is 30.8. The first-order chi connectivity index (χ1) is 12.4. The molecule has 25 heavy (non-hydrogen) atoms. The van der Waals surface area contributed by atoms with Gasteiger partial charge in [-0.25, -0.2) is 0 Å². The largest absolute Gasteiger partial charge is 0.207 e. The molecule has 0 unspecified atom stereocenters. The van der Waals surface area contributed by atoms with Crippen LogP contribution >= 0.6 is 0 Å². The Morgan fingerprint density at radius 3 is 2.04 bits per heavy atom. The van der Waals surface area contributed by atoms with Crippen molar-refractivity contribution in [1.29, 1.82) is 0 Å². The Kier molecular flexibility index (Phi) is 3.07. The van der Waals surface area contributed by atoms with Gasteiger partial charge in [-0.2, -0.15) is 0 Å². The van der Waals surface area contributed by atoms with Crippen molar-refractivity contribution in [1.82, 2.24) is 14.9 Å². The summed E-state index contributed by atoms with van der Waals surface area (Å²) in [5, 5.41) is 9.39. The van der Waals surface area contributed by atoms with Crippen LogP contribution in [0.5, 0.6) is 0 Å². The highest BCUT2D eigenvalue weighted by Gasteiger charge is 2.20. The monoisotopic (exact) mass is 323 g/mol. The van der Waals surface area contributed by atoms with Gasteiger partial charge in [0.15, 0.2) is 11.2 Å². The van der Waals surface area contributed by atoms with Crippen LogP contribution < -0.4 is 4.52 Å². The van der Waals surface area contributed by atoms with E-state index in [2.05, 4.69) is 46.0 Å². The van der Waals surface area contributed by atoms with Crippen molar-refractivity contribution >= 4 is 11.0 Å². The molecule has 0 saturated heterocycles. The number of hydrogen-bond donors (Lipinski definition) is 0. The highest BCUT2D eigenvalue weighted by Crippen LogP contribution is 2.22. The molecule has 0 fully saturated rings. The maximum atomic E-state index is 4.74. The summed E-state index contributed by atoms with van der Waals surface area (Å²) < 4.78 is 3.74. The van der Waals surface area contributed by atoms with Crippen LogP contribution in [0.2, 0.25) is 0 Å². The van der Waals surface area contributed by atoms with Gasteiger partial charge >= 0.3 is 0 Å². The fourth-order valence-corrected chi connectivity index (χ4v) is 3.14. The molecule has 0 bridgehead atoms. The van der Waals surface area contributed by atoms with Gasteiger partial charge < -0.3 is 0 Å². The molecule has 0 atom stereocenters. The van der Waals surface area contributed by atoms with Crippen molar-refractivity contribution in [2.75, 3.05) is 0 Å². The third kappa shape index (κ3) is 2.27. The fourth-order valence-electron chi connectivity index (χ4n) is 3.14. The van der Waals surface area contributed by atoms with E-state index in [1.807, 2.05) is 54.6 Å². The third-order valence-electron chi connectivity index (χ3n) is 4.32. The van der Waals surface area contributed by atoms with Crippen molar-refractivity contribution in [3.63, 3.8) is 0 Å². The van der Waals surface area contributed by atoms with Gasteiger partial charge in [0.1, 0.15) is 5.69 Å². The second-order valence-electron chi connectivity index (χ2n) is 5.92. The molecule has 0 spiro atoms. The zero-order valence-corrected chi connectivity index (χ0v) is 13.4. The van der Waals surface area contributed by atoms with Crippen LogP contribution in [0.3, 0.4) is 0 Å². The fraction of sp³-hybridized carbons (Fsp3) is 0. The van der Waals surface area contributed by atoms with Gasteiger partial charge in [0, 0.05) is 27.4 Å². The molecule has 118 valence electrons. The molecule has 0 radical (unpaired) electrons. The normalized spacial score (nSPS) is 11.2. The van der Waals surface area contributed by atoms with Gasteiger partial charge in [-0.1, -0.05) is 72.8 Å². The molecule has 0 amide bonds. The first kappa shape index (κ1) is 13.9. The van der Waals surface area contributed by atoms with Crippen molar-refractivity contribution in [2.45, 2.75) is 0 Å². The molecule has 3 aromatic carbocycles. The minimum Gasteiger partial charge on any atom is -0.120 e. The molecule has 4 nitrogen and oxygen atoms in total. The molecule has 0 aliphatic carbocycles. The molecular weight excluding hydrogens is 308 g/mol. The molecule has 2 heterocycles. The number of para-hydroxylation sites is 1. The zero-order chi connectivity index (χ0) is 16.6. The van der Waals surface area contributed by atoms with Crippen molar-refractivity contribution in [3.05, 3.63) is 91.0 Å². The predicted octanol–water partition coefficient (Wildman–Crippen LogP) is 3.80. The van der Waals surface area contributed by atoms with Crippen molar-refractivity contribution < 1.29 is 4.52 Å². The number of hydrogen-bond acceptors (Lipinski definition) is 2. The Hall–Kier alpha value is -3.53. The lowest BCUT2D eigenvalue weighted by molar-refractivity contribution is -0.594. The van der Waals surface area contributed by atoms with E-state index in [1.54, 1.807) is 4.74 Å². The van der Waals surface area contributed by atoms with E-state index < -0.39 is 0 Å². The smallest absolute Gasteiger partial charge is 0.120 e. The second-order valence-corrected chi connectivity index (χ2v) is 5.92. The van der Waals surface area contributed by atoms with Crippen LogP contribution in [0.4, 0.5) is 0 Å². The summed E-state index contributed by atoms with van der Waals surface area (Å²) in [6.45, 7) is 0. The van der Waals surface area contributed by atoms with Crippen LogP contribution in [0.1, 0.15) is 0 Å². The summed E-state index contributed by atoms with van der Waals surface area (Å²) in [5.41, 5.74) is 6.11. The topological polar surface area (TPSA) is 34.3 Å². The average Bonchev–Trinajstić information content (AvgIpc) is 3.07. The predicted molar refractivity (Wildman–Crippen MR) is 97.0 cm³/mol. The lowest BCUT2D eigenvalue weighted by atomic mass is 10.1. The second kappa shape index (κ2) is 5.53. The van der Waals surface area contributed by atoms with Crippen LogP contribution in [0.15, 0.2) is 91.0 Å². The number of rotatable bonds is 2. The van der Waals surface area contributed by atoms with Gasteiger partial charge in [0.05, 0.1) is 4.74 Å². The Bertz CT molecular complexity index is 1180. The van der Waals surface area contributed by atoms with Crippen molar-refractivity contribution in [3.8, 4) is 22.5 Å². The maximum absolute atomic E-state index is 4.74. The van der Waals surface area contributed by atoms with E-state index >= 15 is 0 Å².